The van der Waals surface area contributed by atoms with Crippen LogP contribution in [0.1, 0.15) is 24.0 Å². The van der Waals surface area contributed by atoms with Crippen molar-refractivity contribution < 1.29 is 4.74 Å². The van der Waals surface area contributed by atoms with Crippen LogP contribution in [0.2, 0.25) is 5.02 Å². The lowest BCUT2D eigenvalue weighted by atomic mass is 9.89. The molecule has 5 aromatic rings. The number of hydrogen-bond donors (Lipinski definition) is 1. The summed E-state index contributed by atoms with van der Waals surface area (Å²) in [5.74, 6) is 2.16. The minimum Gasteiger partial charge on any atom is -0.455 e. The topological polar surface area (TPSA) is 47.0 Å². The summed E-state index contributed by atoms with van der Waals surface area (Å²) in [5, 5.41) is 7.28. The number of benzene rings is 3. The van der Waals surface area contributed by atoms with Crippen LogP contribution >= 0.6 is 22.9 Å². The van der Waals surface area contributed by atoms with Crippen LogP contribution in [0.3, 0.4) is 0 Å². The number of aryl methyl sites for hydroxylation is 2. The summed E-state index contributed by atoms with van der Waals surface area (Å²) < 4.78 is 6.15. The van der Waals surface area contributed by atoms with E-state index in [2.05, 4.69) is 38.9 Å². The number of aromatic nitrogens is 2. The summed E-state index contributed by atoms with van der Waals surface area (Å²) in [6.45, 7) is 0. The highest BCUT2D eigenvalue weighted by atomic mass is 35.5. The predicted octanol–water partition coefficient (Wildman–Crippen LogP) is 8.43. The summed E-state index contributed by atoms with van der Waals surface area (Å²) in [5.41, 5.74) is 6.04. The van der Waals surface area contributed by atoms with E-state index in [-0.39, 0.29) is 0 Å². The van der Waals surface area contributed by atoms with Gasteiger partial charge in [0.2, 0.25) is 0 Å². The van der Waals surface area contributed by atoms with Gasteiger partial charge < -0.3 is 10.1 Å². The van der Waals surface area contributed by atoms with E-state index in [1.54, 1.807) is 17.7 Å². The molecule has 0 saturated heterocycles. The second kappa shape index (κ2) is 9.09. The lowest BCUT2D eigenvalue weighted by molar-refractivity contribution is 0.485. The molecule has 0 fully saturated rings. The van der Waals surface area contributed by atoms with Crippen molar-refractivity contribution in [3.63, 3.8) is 0 Å². The number of nitrogens with one attached hydrogen (secondary N) is 1. The highest BCUT2D eigenvalue weighted by Crippen LogP contribution is 2.41. The largest absolute Gasteiger partial charge is 0.455 e. The molecule has 0 unspecified atom stereocenters. The van der Waals surface area contributed by atoms with E-state index in [4.69, 9.17) is 16.3 Å². The molecule has 6 rings (SSSR count). The maximum atomic E-state index is 6.35. The fourth-order valence-corrected chi connectivity index (χ4v) is 5.60. The van der Waals surface area contributed by atoms with Crippen LogP contribution in [0.5, 0.6) is 11.5 Å². The molecule has 168 valence electrons. The summed E-state index contributed by atoms with van der Waals surface area (Å²) in [6, 6.07) is 22.1. The Morgan fingerprint density at radius 3 is 2.62 bits per heavy atom. The zero-order valence-electron chi connectivity index (χ0n) is 18.4. The van der Waals surface area contributed by atoms with Gasteiger partial charge in [-0.15, -0.1) is 11.3 Å². The van der Waals surface area contributed by atoms with E-state index < -0.39 is 0 Å². The minimum atomic E-state index is 0.619. The van der Waals surface area contributed by atoms with Gasteiger partial charge in [-0.2, -0.15) is 0 Å². The molecule has 0 atom stereocenters. The molecule has 2 aromatic heterocycles. The van der Waals surface area contributed by atoms with Crippen molar-refractivity contribution in [2.24, 2.45) is 0 Å². The van der Waals surface area contributed by atoms with E-state index in [9.17, 15) is 0 Å². The number of para-hydroxylation sites is 1. The SMILES string of the molecule is Clc1ccc(Oc2ccccc2)c(Nc2ncnc3scc(-c4ccc5c(c4)CCCC5)c23)c1. The fourth-order valence-electron chi connectivity index (χ4n) is 4.52. The number of nitrogens with zero attached hydrogens (tertiary/aromatic N) is 2. The standard InChI is InChI=1S/C28H22ClN3OS/c29-21-12-13-25(33-22-8-2-1-3-9-22)24(15-21)32-27-26-23(16-34-28(26)31-17-30-27)20-11-10-18-6-4-5-7-19(18)14-20/h1-3,8-17H,4-7H2,(H,30,31,32). The molecular weight excluding hydrogens is 462 g/mol. The third-order valence-electron chi connectivity index (χ3n) is 6.20. The van der Waals surface area contributed by atoms with E-state index in [1.165, 1.54) is 36.0 Å². The van der Waals surface area contributed by atoms with Gasteiger partial charge in [0.15, 0.2) is 5.75 Å². The van der Waals surface area contributed by atoms with E-state index in [0.717, 1.165) is 39.5 Å². The summed E-state index contributed by atoms with van der Waals surface area (Å²) in [6.07, 6.45) is 6.46. The zero-order chi connectivity index (χ0) is 22.9. The number of anilines is 2. The lowest BCUT2D eigenvalue weighted by Crippen LogP contribution is -2.02. The summed E-state index contributed by atoms with van der Waals surface area (Å²) in [7, 11) is 0. The normalized spacial score (nSPS) is 13.0. The predicted molar refractivity (Wildman–Crippen MR) is 141 cm³/mol. The van der Waals surface area contributed by atoms with Gasteiger partial charge in [-0.25, -0.2) is 9.97 Å². The Labute approximate surface area is 207 Å². The molecule has 0 amide bonds. The molecule has 0 aliphatic heterocycles. The lowest BCUT2D eigenvalue weighted by Gasteiger charge is -2.17. The molecule has 1 N–H and O–H groups in total. The van der Waals surface area contributed by atoms with Crippen LogP contribution in [-0.4, -0.2) is 9.97 Å². The molecule has 0 bridgehead atoms. The third-order valence-corrected chi connectivity index (χ3v) is 7.32. The molecule has 3 aromatic carbocycles. The molecule has 0 spiro atoms. The Morgan fingerprint density at radius 1 is 0.882 bits per heavy atom. The van der Waals surface area contributed by atoms with Crippen molar-refractivity contribution >= 4 is 44.7 Å². The number of hydrogen-bond acceptors (Lipinski definition) is 5. The molecule has 1 aliphatic carbocycles. The second-order valence-corrected chi connectivity index (χ2v) is 9.72. The number of rotatable bonds is 5. The van der Waals surface area contributed by atoms with Crippen molar-refractivity contribution in [1.29, 1.82) is 0 Å². The van der Waals surface area contributed by atoms with E-state index in [0.29, 0.717) is 10.8 Å². The highest BCUT2D eigenvalue weighted by Gasteiger charge is 2.17. The maximum Gasteiger partial charge on any atom is 0.151 e. The van der Waals surface area contributed by atoms with Crippen LogP contribution < -0.4 is 10.1 Å². The number of fused-ring (bicyclic) bond motifs is 2. The van der Waals surface area contributed by atoms with Crippen molar-refractivity contribution in [2.75, 3.05) is 5.32 Å². The number of ether oxygens (including phenoxy) is 1. The van der Waals surface area contributed by atoms with Gasteiger partial charge in [-0.05, 0) is 72.7 Å². The van der Waals surface area contributed by atoms with Gasteiger partial charge >= 0.3 is 0 Å². The zero-order valence-corrected chi connectivity index (χ0v) is 20.0. The van der Waals surface area contributed by atoms with E-state index >= 15 is 0 Å². The van der Waals surface area contributed by atoms with Crippen LogP contribution in [0, 0.1) is 0 Å². The highest BCUT2D eigenvalue weighted by molar-refractivity contribution is 7.17. The van der Waals surface area contributed by atoms with E-state index in [1.807, 2.05) is 48.5 Å². The average Bonchev–Trinajstić information content (AvgIpc) is 3.31. The Hall–Kier alpha value is -3.41. The van der Waals surface area contributed by atoms with Gasteiger partial charge in [-0.3, -0.25) is 0 Å². The Morgan fingerprint density at radius 2 is 1.74 bits per heavy atom. The van der Waals surface area contributed by atoms with Gasteiger partial charge in [0.05, 0.1) is 11.1 Å². The number of halogens is 1. The smallest absolute Gasteiger partial charge is 0.151 e. The Kier molecular flexibility index (Phi) is 5.65. The van der Waals surface area contributed by atoms with Crippen LogP contribution in [0.15, 0.2) is 78.4 Å². The average molecular weight is 484 g/mol. The summed E-state index contributed by atoms with van der Waals surface area (Å²) >= 11 is 7.98. The molecule has 0 radical (unpaired) electrons. The molecule has 6 heteroatoms. The molecule has 0 saturated carbocycles. The molecule has 2 heterocycles. The van der Waals surface area contributed by atoms with Crippen LogP contribution in [0.4, 0.5) is 11.5 Å². The van der Waals surface area contributed by atoms with Gasteiger partial charge in [0.1, 0.15) is 22.7 Å². The molecule has 4 nitrogen and oxygen atoms in total. The first-order valence-corrected chi connectivity index (χ1v) is 12.6. The van der Waals surface area contributed by atoms with Crippen LogP contribution in [-0.2, 0) is 12.8 Å². The van der Waals surface area contributed by atoms with Crippen molar-refractivity contribution in [1.82, 2.24) is 9.97 Å². The van der Waals surface area contributed by atoms with Crippen molar-refractivity contribution in [2.45, 2.75) is 25.7 Å². The monoisotopic (exact) mass is 483 g/mol. The molecular formula is C28H22ClN3OS. The van der Waals surface area contributed by atoms with Gasteiger partial charge in [-0.1, -0.05) is 48.0 Å². The van der Waals surface area contributed by atoms with Gasteiger partial charge in [0, 0.05) is 16.0 Å². The minimum absolute atomic E-state index is 0.619. The third kappa shape index (κ3) is 4.13. The van der Waals surface area contributed by atoms with Gasteiger partial charge in [0.25, 0.3) is 0 Å². The van der Waals surface area contributed by atoms with Crippen molar-refractivity contribution in [3.8, 4) is 22.6 Å². The maximum absolute atomic E-state index is 6.35. The molecule has 34 heavy (non-hydrogen) atoms. The van der Waals surface area contributed by atoms with Crippen molar-refractivity contribution in [3.05, 3.63) is 94.6 Å². The Balaban J connectivity index is 1.41. The first-order valence-electron chi connectivity index (χ1n) is 11.4. The fraction of sp³-hybridized carbons (Fsp3) is 0.143. The number of thiophene rings is 1. The first kappa shape index (κ1) is 21.1. The second-order valence-electron chi connectivity index (χ2n) is 8.42. The molecule has 1 aliphatic rings. The quantitative estimate of drug-likeness (QED) is 0.272. The van der Waals surface area contributed by atoms with Crippen LogP contribution in [0.25, 0.3) is 21.3 Å². The summed E-state index contributed by atoms with van der Waals surface area (Å²) in [4.78, 5) is 10.1. The Bertz CT molecular complexity index is 1480. The first-order chi connectivity index (χ1) is 16.7.